The van der Waals surface area contributed by atoms with E-state index in [9.17, 15) is 27.9 Å². The molecule has 1 aliphatic heterocycles. The minimum Gasteiger partial charge on any atom is -0.476 e. The summed E-state index contributed by atoms with van der Waals surface area (Å²) in [6.45, 7) is 9.43. The maximum absolute atomic E-state index is 13.1. The average Bonchev–Trinajstić information content (AvgIpc) is 2.78. The molecule has 0 radical (unpaired) electrons. The Morgan fingerprint density at radius 2 is 1.86 bits per heavy atom. The van der Waals surface area contributed by atoms with Crippen LogP contribution in [0, 0.1) is 12.3 Å². The lowest BCUT2D eigenvalue weighted by Gasteiger charge is -2.37. The minimum absolute atomic E-state index is 0.0746. The fraction of sp³-hybridized carbons (Fsp3) is 0.423. The molecule has 0 saturated carbocycles. The summed E-state index contributed by atoms with van der Waals surface area (Å²) in [5.74, 6) is -1.13. The Morgan fingerprint density at radius 1 is 1.19 bits per heavy atom. The highest BCUT2D eigenvalue weighted by atomic mass is 19.4. The molecule has 3 aromatic rings. The lowest BCUT2D eigenvalue weighted by atomic mass is 9.83. The number of hydrogen-bond donors (Lipinski definition) is 2. The van der Waals surface area contributed by atoms with Gasteiger partial charge < -0.3 is 19.7 Å². The van der Waals surface area contributed by atoms with Gasteiger partial charge in [-0.15, -0.1) is 0 Å². The Balaban J connectivity index is 1.74. The number of aromatic nitrogens is 1. The molecule has 0 unspecified atom stereocenters. The van der Waals surface area contributed by atoms with Gasteiger partial charge in [0, 0.05) is 24.7 Å². The largest absolute Gasteiger partial charge is 0.476 e. The van der Waals surface area contributed by atoms with Crippen molar-refractivity contribution in [1.82, 2.24) is 4.98 Å². The van der Waals surface area contributed by atoms with Crippen LogP contribution in [0.5, 0.6) is 0 Å². The fourth-order valence-corrected chi connectivity index (χ4v) is 4.44. The van der Waals surface area contributed by atoms with Gasteiger partial charge in [-0.2, -0.15) is 13.2 Å². The quantitative estimate of drug-likeness (QED) is 0.440. The van der Waals surface area contributed by atoms with Gasteiger partial charge in [0.1, 0.15) is 11.3 Å². The van der Waals surface area contributed by atoms with Crippen molar-refractivity contribution in [1.29, 1.82) is 0 Å². The molecule has 1 aromatic carbocycles. The molecule has 0 spiro atoms. The van der Waals surface area contributed by atoms with E-state index in [1.807, 2.05) is 17.9 Å². The van der Waals surface area contributed by atoms with Crippen LogP contribution in [0.3, 0.4) is 0 Å². The van der Waals surface area contributed by atoms with Crippen LogP contribution in [0.4, 0.5) is 24.7 Å². The Kier molecular flexibility index (Phi) is 6.49. The van der Waals surface area contributed by atoms with Gasteiger partial charge in [-0.05, 0) is 55.9 Å². The topological polar surface area (TPSA) is 95.7 Å². The van der Waals surface area contributed by atoms with E-state index in [1.165, 1.54) is 6.07 Å². The molecule has 1 saturated heterocycles. The number of aryl methyl sites for hydroxylation is 1. The molecule has 2 N–H and O–H groups in total. The summed E-state index contributed by atoms with van der Waals surface area (Å²) in [6, 6.07) is 6.19. The van der Waals surface area contributed by atoms with E-state index in [2.05, 4.69) is 24.1 Å². The highest BCUT2D eigenvalue weighted by molar-refractivity contribution is 5.92. The van der Waals surface area contributed by atoms with Gasteiger partial charge in [0.25, 0.3) is 0 Å². The maximum Gasteiger partial charge on any atom is 0.433 e. The molecular formula is C26H28F3N3O4. The summed E-state index contributed by atoms with van der Waals surface area (Å²) in [7, 11) is 0. The molecule has 4 rings (SSSR count). The molecule has 0 bridgehead atoms. The lowest BCUT2D eigenvalue weighted by Crippen LogP contribution is -2.37. The normalized spacial score (nSPS) is 16.7. The van der Waals surface area contributed by atoms with Crippen molar-refractivity contribution < 1.29 is 27.5 Å². The van der Waals surface area contributed by atoms with Crippen LogP contribution in [-0.2, 0) is 6.18 Å². The maximum atomic E-state index is 13.1. The van der Waals surface area contributed by atoms with E-state index in [1.54, 1.807) is 13.0 Å². The molecule has 10 heteroatoms. The predicted molar refractivity (Wildman–Crippen MR) is 131 cm³/mol. The van der Waals surface area contributed by atoms with Crippen LogP contribution < -0.4 is 15.6 Å². The summed E-state index contributed by atoms with van der Waals surface area (Å²) in [5, 5.41) is 12.8. The van der Waals surface area contributed by atoms with Gasteiger partial charge >= 0.3 is 12.1 Å². The number of anilines is 2. The summed E-state index contributed by atoms with van der Waals surface area (Å²) in [5.41, 5.74) is -0.375. The van der Waals surface area contributed by atoms with Crippen LogP contribution in [0.25, 0.3) is 11.0 Å². The third-order valence-corrected chi connectivity index (χ3v) is 6.64. The second-order valence-corrected chi connectivity index (χ2v) is 10.1. The number of carboxylic acids is 1. The zero-order chi connectivity index (χ0) is 26.4. The number of halogens is 3. The van der Waals surface area contributed by atoms with Crippen molar-refractivity contribution >= 4 is 28.5 Å². The number of rotatable bonds is 5. The van der Waals surface area contributed by atoms with Gasteiger partial charge in [0.2, 0.25) is 0 Å². The van der Waals surface area contributed by atoms with Gasteiger partial charge in [0.15, 0.2) is 17.0 Å². The number of benzene rings is 1. The first-order chi connectivity index (χ1) is 16.7. The first-order valence-corrected chi connectivity index (χ1v) is 11.7. The van der Waals surface area contributed by atoms with Crippen molar-refractivity contribution in [3.05, 3.63) is 63.1 Å². The van der Waals surface area contributed by atoms with Gasteiger partial charge in [0.05, 0.1) is 17.1 Å². The van der Waals surface area contributed by atoms with Crippen molar-refractivity contribution in [2.24, 2.45) is 5.41 Å². The Labute approximate surface area is 205 Å². The number of nitrogens with zero attached hydrogens (tertiary/aromatic N) is 2. The molecule has 1 fully saturated rings. The van der Waals surface area contributed by atoms with Crippen molar-refractivity contribution in [3.8, 4) is 0 Å². The summed E-state index contributed by atoms with van der Waals surface area (Å²) in [4.78, 5) is 30.0. The van der Waals surface area contributed by atoms with E-state index in [0.717, 1.165) is 43.6 Å². The van der Waals surface area contributed by atoms with Crippen molar-refractivity contribution in [2.75, 3.05) is 23.3 Å². The van der Waals surface area contributed by atoms with Crippen LogP contribution >= 0.6 is 0 Å². The zero-order valence-corrected chi connectivity index (χ0v) is 20.5. The fourth-order valence-electron chi connectivity index (χ4n) is 4.44. The lowest BCUT2D eigenvalue weighted by molar-refractivity contribution is -0.141. The van der Waals surface area contributed by atoms with Crippen LogP contribution in [0.2, 0.25) is 0 Å². The number of piperidine rings is 1. The molecule has 0 amide bonds. The van der Waals surface area contributed by atoms with Crippen LogP contribution in [0.15, 0.2) is 39.5 Å². The monoisotopic (exact) mass is 503 g/mol. The van der Waals surface area contributed by atoms with Crippen molar-refractivity contribution in [3.63, 3.8) is 0 Å². The van der Waals surface area contributed by atoms with E-state index in [-0.39, 0.29) is 16.5 Å². The van der Waals surface area contributed by atoms with Gasteiger partial charge in [-0.25, -0.2) is 9.78 Å². The number of carbonyl (C=O) groups is 1. The third-order valence-electron chi connectivity index (χ3n) is 6.64. The smallest absolute Gasteiger partial charge is 0.433 e. The highest BCUT2D eigenvalue weighted by Crippen LogP contribution is 2.35. The Morgan fingerprint density at radius 3 is 2.47 bits per heavy atom. The number of aromatic carboxylic acids is 1. The molecule has 7 nitrogen and oxygen atoms in total. The molecule has 2 aromatic heterocycles. The van der Waals surface area contributed by atoms with E-state index in [0.29, 0.717) is 22.4 Å². The number of pyridine rings is 1. The first kappa shape index (κ1) is 25.5. The van der Waals surface area contributed by atoms with Crippen LogP contribution in [-0.4, -0.2) is 29.1 Å². The Hall–Kier alpha value is -3.56. The number of carboxylic acid groups (broad SMARTS) is 1. The molecule has 36 heavy (non-hydrogen) atoms. The van der Waals surface area contributed by atoms with E-state index in [4.69, 9.17) is 4.42 Å². The summed E-state index contributed by atoms with van der Waals surface area (Å²) < 4.78 is 45.4. The number of fused-ring (bicyclic) bond motifs is 1. The predicted octanol–water partition coefficient (Wildman–Crippen LogP) is 6.01. The number of hydrogen-bond acceptors (Lipinski definition) is 6. The standard InChI is InChI=1S/C26H28F3N3O4/c1-14-11-16(15(2)30-18-5-6-20(26(27,28)29)31-22(18)24(34)35)23-17(12-14)19(33)13-21(36-23)32-9-7-25(3,4)8-10-32/h5-6,11-13,15,30H,7-10H2,1-4H3,(H,34,35)/t15-/m1/s1. The SMILES string of the molecule is Cc1cc([C@@H](C)Nc2ccc(C(F)(F)F)nc2C(=O)O)c2oc(N3CCC(C)(C)CC3)cc(=O)c2c1. The number of alkyl halides is 3. The van der Waals surface area contributed by atoms with Gasteiger partial charge in [-0.3, -0.25) is 4.79 Å². The van der Waals surface area contributed by atoms with Crippen LogP contribution in [0.1, 0.15) is 67.0 Å². The summed E-state index contributed by atoms with van der Waals surface area (Å²) >= 11 is 0. The average molecular weight is 504 g/mol. The second kappa shape index (κ2) is 9.15. The third kappa shape index (κ3) is 5.17. The first-order valence-electron chi connectivity index (χ1n) is 11.7. The Bertz CT molecular complexity index is 1370. The number of nitrogens with one attached hydrogen (secondary N) is 1. The van der Waals surface area contributed by atoms with E-state index < -0.39 is 29.6 Å². The molecular weight excluding hydrogens is 475 g/mol. The highest BCUT2D eigenvalue weighted by Gasteiger charge is 2.34. The van der Waals surface area contributed by atoms with E-state index >= 15 is 0 Å². The minimum atomic E-state index is -4.77. The molecule has 3 heterocycles. The molecule has 1 atom stereocenters. The zero-order valence-electron chi connectivity index (χ0n) is 20.5. The second-order valence-electron chi connectivity index (χ2n) is 10.1. The molecule has 1 aliphatic rings. The van der Waals surface area contributed by atoms with Crippen molar-refractivity contribution in [2.45, 2.75) is 52.8 Å². The molecule has 192 valence electrons. The van der Waals surface area contributed by atoms with Gasteiger partial charge in [-0.1, -0.05) is 19.9 Å². The summed E-state index contributed by atoms with van der Waals surface area (Å²) in [6.07, 6.45) is -2.87. The molecule has 0 aliphatic carbocycles.